The monoisotopic (exact) mass is 234 g/mol. The molecule has 1 nitrogen and oxygen atoms in total. The Morgan fingerprint density at radius 3 is 2.06 bits per heavy atom. The molecule has 1 aliphatic rings. The summed E-state index contributed by atoms with van der Waals surface area (Å²) in [5.74, 6) is 2.25. The summed E-state index contributed by atoms with van der Waals surface area (Å²) in [6.45, 7) is 10.5. The van der Waals surface area contributed by atoms with Crippen molar-refractivity contribution in [3.63, 3.8) is 0 Å². The predicted molar refractivity (Wildman–Crippen MR) is 74.7 cm³/mol. The van der Waals surface area contributed by atoms with Gasteiger partial charge >= 0.3 is 0 Å². The highest BCUT2D eigenvalue weighted by Gasteiger charge is 2.30. The molecule has 1 aromatic carbocycles. The molecule has 1 aliphatic carbocycles. The zero-order valence-electron chi connectivity index (χ0n) is 11.8. The van der Waals surface area contributed by atoms with Crippen LogP contribution in [0.4, 0.5) is 0 Å². The summed E-state index contributed by atoms with van der Waals surface area (Å²) in [5.41, 5.74) is 2.23. The Hall–Kier alpha value is -0.980. The maximum Gasteiger partial charge on any atom is 0.122 e. The smallest absolute Gasteiger partial charge is 0.122 e. The minimum absolute atomic E-state index is 0.399. The fourth-order valence-electron chi connectivity index (χ4n) is 2.26. The summed E-state index contributed by atoms with van der Waals surface area (Å²) >= 11 is 0. The third-order valence-electron chi connectivity index (χ3n) is 3.54. The molecule has 1 atom stereocenters. The molecule has 1 saturated carbocycles. The zero-order valence-corrected chi connectivity index (χ0v) is 11.8. The van der Waals surface area contributed by atoms with E-state index in [1.54, 1.807) is 0 Å². The van der Waals surface area contributed by atoms with Crippen molar-refractivity contribution in [1.29, 1.82) is 0 Å². The number of hydrogen-bond donors (Lipinski definition) is 1. The summed E-state index contributed by atoms with van der Waals surface area (Å²) in [4.78, 5) is 0. The largest absolute Gasteiger partial charge is 0.507 e. The average Bonchev–Trinajstić information content (AvgIpc) is 3.14. The number of aromatic hydroxyl groups is 1. The van der Waals surface area contributed by atoms with Crippen LogP contribution < -0.4 is 0 Å². The lowest BCUT2D eigenvalue weighted by Crippen LogP contribution is -1.99. The lowest BCUT2D eigenvalue weighted by molar-refractivity contribution is 0.448. The van der Waals surface area contributed by atoms with Gasteiger partial charge in [0.15, 0.2) is 0 Å². The maximum absolute atomic E-state index is 10.2. The van der Waals surface area contributed by atoms with E-state index in [4.69, 9.17) is 0 Å². The Labute approximate surface area is 106 Å². The second-order valence-electron chi connectivity index (χ2n) is 5.07. The normalized spacial score (nSPS) is 16.4. The molecule has 1 aromatic rings. The van der Waals surface area contributed by atoms with Gasteiger partial charge in [-0.2, -0.15) is 0 Å². The molecular weight excluding hydrogens is 208 g/mol. The first kappa shape index (κ1) is 14.1. The molecule has 0 radical (unpaired) electrons. The Kier molecular flexibility index (Phi) is 5.04. The van der Waals surface area contributed by atoms with E-state index in [1.807, 2.05) is 19.9 Å². The first-order valence-corrected chi connectivity index (χ1v) is 6.93. The van der Waals surface area contributed by atoms with Crippen molar-refractivity contribution in [2.24, 2.45) is 5.92 Å². The van der Waals surface area contributed by atoms with E-state index in [2.05, 4.69) is 32.9 Å². The number of benzene rings is 1. The summed E-state index contributed by atoms with van der Waals surface area (Å²) in [7, 11) is 0. The van der Waals surface area contributed by atoms with Gasteiger partial charge in [-0.15, -0.1) is 0 Å². The van der Waals surface area contributed by atoms with Crippen LogP contribution in [0.1, 0.15) is 70.4 Å². The van der Waals surface area contributed by atoms with Crippen molar-refractivity contribution in [2.75, 3.05) is 0 Å². The zero-order chi connectivity index (χ0) is 13.0. The highest BCUT2D eigenvalue weighted by atomic mass is 16.3. The molecular formula is C16H26O. The molecule has 0 saturated heterocycles. The number of phenolic OH excluding ortho intramolecular Hbond substituents is 1. The van der Waals surface area contributed by atoms with Gasteiger partial charge in [0.1, 0.15) is 5.75 Å². The van der Waals surface area contributed by atoms with Crippen LogP contribution >= 0.6 is 0 Å². The van der Waals surface area contributed by atoms with Gasteiger partial charge < -0.3 is 5.11 Å². The summed E-state index contributed by atoms with van der Waals surface area (Å²) in [5, 5.41) is 10.2. The third-order valence-corrected chi connectivity index (χ3v) is 3.54. The van der Waals surface area contributed by atoms with E-state index >= 15 is 0 Å². The number of phenols is 1. The first-order valence-electron chi connectivity index (χ1n) is 6.93. The highest BCUT2D eigenvalue weighted by molar-refractivity contribution is 5.44. The molecule has 0 aromatic heterocycles. The second kappa shape index (κ2) is 6.09. The number of rotatable bonds is 3. The van der Waals surface area contributed by atoms with Crippen molar-refractivity contribution in [3.8, 4) is 5.75 Å². The van der Waals surface area contributed by atoms with Crippen LogP contribution in [-0.4, -0.2) is 5.11 Å². The Bertz CT molecular complexity index is 351. The van der Waals surface area contributed by atoms with Crippen LogP contribution in [0, 0.1) is 5.92 Å². The standard InChI is InChI=1S/C14H20O.C2H6/c1-9(2)12-5-4-6-13(14(12)15)10(3)11-7-8-11;1-2/h4-6,9-11,15H,7-8H2,1-3H3;1-2H3/t10-;/m1./s1. The average molecular weight is 234 g/mol. The lowest BCUT2D eigenvalue weighted by atomic mass is 9.90. The maximum atomic E-state index is 10.2. The van der Waals surface area contributed by atoms with Gasteiger partial charge in [0, 0.05) is 0 Å². The highest BCUT2D eigenvalue weighted by Crippen LogP contribution is 2.45. The molecule has 0 aliphatic heterocycles. The van der Waals surface area contributed by atoms with E-state index in [9.17, 15) is 5.11 Å². The van der Waals surface area contributed by atoms with E-state index in [0.717, 1.165) is 17.0 Å². The van der Waals surface area contributed by atoms with Crippen molar-refractivity contribution in [2.45, 2.75) is 59.3 Å². The van der Waals surface area contributed by atoms with Crippen molar-refractivity contribution >= 4 is 0 Å². The summed E-state index contributed by atoms with van der Waals surface area (Å²) < 4.78 is 0. The molecule has 1 fully saturated rings. The molecule has 0 heterocycles. The van der Waals surface area contributed by atoms with Gasteiger partial charge in [0.2, 0.25) is 0 Å². The van der Waals surface area contributed by atoms with Gasteiger partial charge in [0.05, 0.1) is 0 Å². The quantitative estimate of drug-likeness (QED) is 0.775. The third kappa shape index (κ3) is 3.24. The Morgan fingerprint density at radius 2 is 1.59 bits per heavy atom. The number of hydrogen-bond acceptors (Lipinski definition) is 1. The second-order valence-corrected chi connectivity index (χ2v) is 5.07. The SMILES string of the molecule is CC.CC(C)c1cccc([C@H](C)C2CC2)c1O. The fraction of sp³-hybridized carbons (Fsp3) is 0.625. The van der Waals surface area contributed by atoms with Gasteiger partial charge in [-0.25, -0.2) is 0 Å². The Morgan fingerprint density at radius 1 is 1.06 bits per heavy atom. The van der Waals surface area contributed by atoms with Crippen molar-refractivity contribution in [1.82, 2.24) is 0 Å². The summed E-state index contributed by atoms with van der Waals surface area (Å²) in [6.07, 6.45) is 2.65. The molecule has 2 rings (SSSR count). The molecule has 1 heteroatoms. The van der Waals surface area contributed by atoms with E-state index in [-0.39, 0.29) is 0 Å². The Balaban J connectivity index is 0.000000686. The van der Waals surface area contributed by atoms with Gasteiger partial charge in [-0.3, -0.25) is 0 Å². The van der Waals surface area contributed by atoms with Gasteiger partial charge in [-0.1, -0.05) is 52.8 Å². The predicted octanol–water partition coefficient (Wildman–Crippen LogP) is 5.06. The van der Waals surface area contributed by atoms with Crippen LogP contribution in [-0.2, 0) is 0 Å². The molecule has 1 N–H and O–H groups in total. The fourth-order valence-corrected chi connectivity index (χ4v) is 2.26. The molecule has 0 spiro atoms. The van der Waals surface area contributed by atoms with Crippen LogP contribution in [0.15, 0.2) is 18.2 Å². The molecule has 0 bridgehead atoms. The van der Waals surface area contributed by atoms with Crippen LogP contribution in [0.3, 0.4) is 0 Å². The topological polar surface area (TPSA) is 20.2 Å². The van der Waals surface area contributed by atoms with E-state index in [1.165, 1.54) is 12.8 Å². The molecule has 96 valence electrons. The minimum atomic E-state index is 0.399. The molecule has 0 unspecified atom stereocenters. The minimum Gasteiger partial charge on any atom is -0.507 e. The first-order chi connectivity index (χ1) is 8.11. The number of para-hydroxylation sites is 1. The van der Waals surface area contributed by atoms with Gasteiger partial charge in [0.25, 0.3) is 0 Å². The van der Waals surface area contributed by atoms with Crippen LogP contribution in [0.5, 0.6) is 5.75 Å². The molecule has 0 amide bonds. The van der Waals surface area contributed by atoms with E-state index < -0.39 is 0 Å². The summed E-state index contributed by atoms with van der Waals surface area (Å²) in [6, 6.07) is 6.18. The molecule has 17 heavy (non-hydrogen) atoms. The van der Waals surface area contributed by atoms with E-state index in [0.29, 0.717) is 17.6 Å². The lowest BCUT2D eigenvalue weighted by Gasteiger charge is -2.16. The van der Waals surface area contributed by atoms with Crippen LogP contribution in [0.2, 0.25) is 0 Å². The van der Waals surface area contributed by atoms with Crippen molar-refractivity contribution < 1.29 is 5.11 Å². The van der Waals surface area contributed by atoms with Crippen molar-refractivity contribution in [3.05, 3.63) is 29.3 Å². The van der Waals surface area contributed by atoms with Gasteiger partial charge in [-0.05, 0) is 41.7 Å². The van der Waals surface area contributed by atoms with Crippen LogP contribution in [0.25, 0.3) is 0 Å².